The highest BCUT2D eigenvalue weighted by Crippen LogP contribution is 2.30. The van der Waals surface area contributed by atoms with Crippen molar-refractivity contribution in [3.8, 4) is 0 Å². The van der Waals surface area contributed by atoms with Crippen LogP contribution in [-0.4, -0.2) is 5.91 Å². The average Bonchev–Trinajstić information content (AvgIpc) is 3.00. The molecule has 1 atom stereocenters. The van der Waals surface area contributed by atoms with Gasteiger partial charge in [0.25, 0.3) is 5.91 Å². The van der Waals surface area contributed by atoms with Crippen LogP contribution >= 0.6 is 11.3 Å². The van der Waals surface area contributed by atoms with Crippen LogP contribution in [0.25, 0.3) is 0 Å². The molecule has 2 aromatic rings. The van der Waals surface area contributed by atoms with Gasteiger partial charge in [0.2, 0.25) is 0 Å². The normalized spacial score (nSPS) is 18.7. The van der Waals surface area contributed by atoms with Gasteiger partial charge in [-0.3, -0.25) is 4.79 Å². The fourth-order valence-electron chi connectivity index (χ4n) is 2.27. The first-order chi connectivity index (χ1) is 8.34. The van der Waals surface area contributed by atoms with E-state index in [0.717, 1.165) is 36.1 Å². The Bertz CT molecular complexity index is 515. The van der Waals surface area contributed by atoms with Crippen LogP contribution in [0.3, 0.4) is 0 Å². The molecule has 0 bridgehead atoms. The summed E-state index contributed by atoms with van der Waals surface area (Å²) >= 11 is 1.54. The van der Waals surface area contributed by atoms with Crippen LogP contribution in [-0.2, 0) is 6.42 Å². The molecule has 2 aromatic heterocycles. The van der Waals surface area contributed by atoms with E-state index in [-0.39, 0.29) is 11.9 Å². The summed E-state index contributed by atoms with van der Waals surface area (Å²) in [7, 11) is 0. The van der Waals surface area contributed by atoms with E-state index in [2.05, 4.69) is 5.32 Å². The Labute approximate surface area is 103 Å². The number of nitrogens with one attached hydrogen (secondary N) is 1. The van der Waals surface area contributed by atoms with E-state index in [1.165, 1.54) is 11.3 Å². The van der Waals surface area contributed by atoms with Gasteiger partial charge in [-0.05, 0) is 30.4 Å². The summed E-state index contributed by atoms with van der Waals surface area (Å²) in [5.74, 6) is 1.03. The van der Waals surface area contributed by atoms with E-state index in [4.69, 9.17) is 4.42 Å². The summed E-state index contributed by atoms with van der Waals surface area (Å²) in [4.78, 5) is 12.0. The number of carbonyl (C=O) groups is 1. The predicted molar refractivity (Wildman–Crippen MR) is 66.2 cm³/mol. The molecule has 1 N–H and O–H groups in total. The van der Waals surface area contributed by atoms with Gasteiger partial charge in [-0.1, -0.05) is 0 Å². The zero-order chi connectivity index (χ0) is 11.7. The van der Waals surface area contributed by atoms with Crippen LogP contribution in [0.2, 0.25) is 0 Å². The van der Waals surface area contributed by atoms with Gasteiger partial charge in [-0.15, -0.1) is 0 Å². The summed E-state index contributed by atoms with van der Waals surface area (Å²) in [6, 6.07) is 3.91. The monoisotopic (exact) mass is 247 g/mol. The first-order valence-corrected chi connectivity index (χ1v) is 6.68. The van der Waals surface area contributed by atoms with Crippen LogP contribution < -0.4 is 5.32 Å². The molecule has 17 heavy (non-hydrogen) atoms. The number of hydrogen-bond acceptors (Lipinski definition) is 3. The number of fused-ring (bicyclic) bond motifs is 1. The second-order valence-electron chi connectivity index (χ2n) is 4.23. The second-order valence-corrected chi connectivity index (χ2v) is 5.01. The van der Waals surface area contributed by atoms with Crippen molar-refractivity contribution in [2.75, 3.05) is 0 Å². The number of rotatable bonds is 2. The maximum absolute atomic E-state index is 12.0. The van der Waals surface area contributed by atoms with Crippen molar-refractivity contribution < 1.29 is 9.21 Å². The quantitative estimate of drug-likeness (QED) is 0.885. The van der Waals surface area contributed by atoms with E-state index in [1.54, 1.807) is 6.26 Å². The van der Waals surface area contributed by atoms with E-state index in [1.807, 2.05) is 22.9 Å². The van der Waals surface area contributed by atoms with Crippen LogP contribution in [0, 0.1) is 0 Å². The van der Waals surface area contributed by atoms with Gasteiger partial charge < -0.3 is 9.73 Å². The number of furan rings is 1. The van der Waals surface area contributed by atoms with Gasteiger partial charge in [0.15, 0.2) is 0 Å². The van der Waals surface area contributed by atoms with Gasteiger partial charge in [0, 0.05) is 17.4 Å². The molecule has 0 unspecified atom stereocenters. The highest BCUT2D eigenvalue weighted by molar-refractivity contribution is 7.08. The summed E-state index contributed by atoms with van der Waals surface area (Å²) < 4.78 is 5.41. The van der Waals surface area contributed by atoms with Crippen LogP contribution in [0.1, 0.15) is 40.6 Å². The summed E-state index contributed by atoms with van der Waals surface area (Å²) in [6.45, 7) is 0. The molecule has 1 aliphatic carbocycles. The number of carbonyl (C=O) groups excluding carboxylic acids is 1. The van der Waals surface area contributed by atoms with Crippen molar-refractivity contribution >= 4 is 17.2 Å². The number of amides is 1. The van der Waals surface area contributed by atoms with Gasteiger partial charge in [0.1, 0.15) is 5.76 Å². The SMILES string of the molecule is O=C(N[C@@H]1CCCc2occc21)c1ccsc1. The van der Waals surface area contributed by atoms with E-state index >= 15 is 0 Å². The zero-order valence-corrected chi connectivity index (χ0v) is 10.1. The molecule has 1 amide bonds. The molecule has 0 saturated heterocycles. The first kappa shape index (κ1) is 10.6. The molecule has 0 aromatic carbocycles. The Hall–Kier alpha value is -1.55. The average molecular weight is 247 g/mol. The minimum Gasteiger partial charge on any atom is -0.469 e. The van der Waals surface area contributed by atoms with E-state index in [9.17, 15) is 4.79 Å². The third-order valence-electron chi connectivity index (χ3n) is 3.14. The lowest BCUT2D eigenvalue weighted by Gasteiger charge is -2.22. The molecule has 1 aliphatic rings. The molecule has 3 rings (SSSR count). The lowest BCUT2D eigenvalue weighted by Crippen LogP contribution is -2.30. The first-order valence-electron chi connectivity index (χ1n) is 5.74. The maximum atomic E-state index is 12.0. The van der Waals surface area contributed by atoms with Crippen molar-refractivity contribution in [3.63, 3.8) is 0 Å². The Morgan fingerprint density at radius 2 is 2.41 bits per heavy atom. The maximum Gasteiger partial charge on any atom is 0.252 e. The fourth-order valence-corrected chi connectivity index (χ4v) is 2.91. The predicted octanol–water partition coefficient (Wildman–Crippen LogP) is 3.15. The van der Waals surface area contributed by atoms with Crippen LogP contribution in [0.4, 0.5) is 0 Å². The highest BCUT2D eigenvalue weighted by atomic mass is 32.1. The van der Waals surface area contributed by atoms with Crippen LogP contribution in [0.15, 0.2) is 33.6 Å². The number of aryl methyl sites for hydroxylation is 1. The Balaban J connectivity index is 1.77. The molecule has 0 aliphatic heterocycles. The lowest BCUT2D eigenvalue weighted by molar-refractivity contribution is 0.0932. The van der Waals surface area contributed by atoms with Crippen LogP contribution in [0.5, 0.6) is 0 Å². The van der Waals surface area contributed by atoms with Gasteiger partial charge in [-0.2, -0.15) is 11.3 Å². The summed E-state index contributed by atoms with van der Waals surface area (Å²) in [6.07, 6.45) is 4.74. The standard InChI is InChI=1S/C13H13NO2S/c15-13(9-5-7-17-8-9)14-11-2-1-3-12-10(11)4-6-16-12/h4-8,11H,1-3H2,(H,14,15)/t11-/m1/s1. The molecule has 2 heterocycles. The molecular weight excluding hydrogens is 234 g/mol. The molecule has 3 nitrogen and oxygen atoms in total. The molecule has 4 heteroatoms. The van der Waals surface area contributed by atoms with Gasteiger partial charge >= 0.3 is 0 Å². The Kier molecular flexibility index (Phi) is 2.73. The Morgan fingerprint density at radius 3 is 3.24 bits per heavy atom. The van der Waals surface area contributed by atoms with Gasteiger partial charge in [0.05, 0.1) is 17.9 Å². The fraction of sp³-hybridized carbons (Fsp3) is 0.308. The number of thiophene rings is 1. The minimum absolute atomic E-state index is 0.00491. The largest absolute Gasteiger partial charge is 0.469 e. The summed E-state index contributed by atoms with van der Waals surface area (Å²) in [5, 5.41) is 6.86. The number of hydrogen-bond donors (Lipinski definition) is 1. The Morgan fingerprint density at radius 1 is 1.47 bits per heavy atom. The molecular formula is C13H13NO2S. The van der Waals surface area contributed by atoms with E-state index in [0.29, 0.717) is 0 Å². The third kappa shape index (κ3) is 2.00. The topological polar surface area (TPSA) is 42.2 Å². The highest BCUT2D eigenvalue weighted by Gasteiger charge is 2.24. The van der Waals surface area contributed by atoms with E-state index < -0.39 is 0 Å². The minimum atomic E-state index is 0.00491. The zero-order valence-electron chi connectivity index (χ0n) is 9.31. The van der Waals surface area contributed by atoms with Crippen molar-refractivity contribution in [2.24, 2.45) is 0 Å². The third-order valence-corrected chi connectivity index (χ3v) is 3.82. The smallest absolute Gasteiger partial charge is 0.252 e. The lowest BCUT2D eigenvalue weighted by atomic mass is 9.93. The molecule has 0 saturated carbocycles. The van der Waals surface area contributed by atoms with Crippen molar-refractivity contribution in [2.45, 2.75) is 25.3 Å². The van der Waals surface area contributed by atoms with Gasteiger partial charge in [-0.25, -0.2) is 0 Å². The van der Waals surface area contributed by atoms with Crippen molar-refractivity contribution in [1.29, 1.82) is 0 Å². The van der Waals surface area contributed by atoms with Crippen molar-refractivity contribution in [1.82, 2.24) is 5.32 Å². The second kappa shape index (κ2) is 4.37. The summed E-state index contributed by atoms with van der Waals surface area (Å²) in [5.41, 5.74) is 1.88. The molecule has 0 fully saturated rings. The molecule has 0 spiro atoms. The molecule has 88 valence electrons. The van der Waals surface area contributed by atoms with Crippen molar-refractivity contribution in [3.05, 3.63) is 46.0 Å². The molecule has 0 radical (unpaired) electrons.